The molecule has 0 fully saturated rings. The van der Waals surface area contributed by atoms with E-state index >= 15 is 0 Å². The van der Waals surface area contributed by atoms with E-state index in [-0.39, 0.29) is 17.7 Å². The normalized spacial score (nSPS) is 14.2. The van der Waals surface area contributed by atoms with Crippen molar-refractivity contribution in [3.63, 3.8) is 0 Å². The van der Waals surface area contributed by atoms with E-state index in [1.54, 1.807) is 18.0 Å². The van der Waals surface area contributed by atoms with Crippen LogP contribution >= 0.6 is 0 Å². The summed E-state index contributed by atoms with van der Waals surface area (Å²) in [4.78, 5) is 25.1. The quantitative estimate of drug-likeness (QED) is 0.817. The fourth-order valence-corrected chi connectivity index (χ4v) is 2.04. The number of nitrogens with one attached hydrogen (secondary N) is 1. The van der Waals surface area contributed by atoms with Crippen molar-refractivity contribution in [1.29, 1.82) is 0 Å². The molecule has 0 unspecified atom stereocenters. The van der Waals surface area contributed by atoms with Gasteiger partial charge in [0.25, 0.3) is 0 Å². The summed E-state index contributed by atoms with van der Waals surface area (Å²) in [6.45, 7) is 4.34. The van der Waals surface area contributed by atoms with Gasteiger partial charge in [-0.2, -0.15) is 0 Å². The topological polar surface area (TPSA) is 49.4 Å². The molecule has 0 spiro atoms. The number of carbonyl (C=O) groups excluding carboxylic acids is 2. The highest BCUT2D eigenvalue weighted by Gasteiger charge is 2.24. The molecule has 0 atom stereocenters. The Labute approximate surface area is 107 Å². The number of carbonyl (C=O) groups is 2. The third kappa shape index (κ3) is 2.43. The minimum Gasteiger partial charge on any atom is -0.315 e. The molecule has 1 amide bonds. The molecular formula is C14H18N2O2. The fourth-order valence-electron chi connectivity index (χ4n) is 2.04. The van der Waals surface area contributed by atoms with E-state index in [0.717, 1.165) is 11.3 Å². The second-order valence-corrected chi connectivity index (χ2v) is 4.93. The maximum Gasteiger partial charge on any atom is 0.231 e. The van der Waals surface area contributed by atoms with Crippen LogP contribution in [-0.4, -0.2) is 31.3 Å². The third-order valence-electron chi connectivity index (χ3n) is 3.15. The lowest BCUT2D eigenvalue weighted by molar-refractivity contribution is -0.117. The highest BCUT2D eigenvalue weighted by Crippen LogP contribution is 2.28. The van der Waals surface area contributed by atoms with E-state index in [2.05, 4.69) is 5.32 Å². The second-order valence-electron chi connectivity index (χ2n) is 4.93. The van der Waals surface area contributed by atoms with Crippen molar-refractivity contribution in [3.8, 4) is 0 Å². The van der Waals surface area contributed by atoms with Gasteiger partial charge in [-0.3, -0.25) is 9.59 Å². The Morgan fingerprint density at radius 2 is 2.17 bits per heavy atom. The van der Waals surface area contributed by atoms with E-state index in [9.17, 15) is 9.59 Å². The number of anilines is 1. The zero-order valence-electron chi connectivity index (χ0n) is 11.0. The Hall–Kier alpha value is -1.68. The first kappa shape index (κ1) is 12.8. The molecule has 0 radical (unpaired) electrons. The zero-order chi connectivity index (χ0) is 13.3. The van der Waals surface area contributed by atoms with Crippen molar-refractivity contribution in [1.82, 2.24) is 5.32 Å². The molecule has 18 heavy (non-hydrogen) atoms. The third-order valence-corrected chi connectivity index (χ3v) is 3.15. The number of benzene rings is 1. The van der Waals surface area contributed by atoms with Crippen molar-refractivity contribution in [2.45, 2.75) is 26.3 Å². The van der Waals surface area contributed by atoms with E-state index in [4.69, 9.17) is 0 Å². The molecule has 1 aromatic carbocycles. The van der Waals surface area contributed by atoms with Crippen molar-refractivity contribution < 1.29 is 9.59 Å². The van der Waals surface area contributed by atoms with Gasteiger partial charge in [0.05, 0.1) is 13.0 Å². The summed E-state index contributed by atoms with van der Waals surface area (Å²) in [5, 5.41) is 3.10. The average molecular weight is 246 g/mol. The van der Waals surface area contributed by atoms with Crippen LogP contribution < -0.4 is 10.2 Å². The van der Waals surface area contributed by atoms with Crippen LogP contribution in [0.5, 0.6) is 0 Å². The van der Waals surface area contributed by atoms with E-state index in [1.807, 2.05) is 26.0 Å². The predicted molar refractivity (Wildman–Crippen MR) is 71.0 cm³/mol. The minimum atomic E-state index is 0.0634. The number of rotatable bonds is 4. The van der Waals surface area contributed by atoms with Crippen LogP contribution in [0.15, 0.2) is 18.2 Å². The van der Waals surface area contributed by atoms with Crippen molar-refractivity contribution in [2.24, 2.45) is 0 Å². The van der Waals surface area contributed by atoms with Crippen LogP contribution in [0.2, 0.25) is 0 Å². The van der Waals surface area contributed by atoms with Gasteiger partial charge in [-0.15, -0.1) is 0 Å². The molecule has 96 valence electrons. The van der Waals surface area contributed by atoms with Crippen LogP contribution in [0.4, 0.5) is 5.69 Å². The maximum absolute atomic E-state index is 12.0. The Morgan fingerprint density at radius 3 is 2.83 bits per heavy atom. The Morgan fingerprint density at radius 1 is 1.44 bits per heavy atom. The van der Waals surface area contributed by atoms with E-state index < -0.39 is 0 Å². The van der Waals surface area contributed by atoms with Crippen LogP contribution in [0.1, 0.15) is 29.8 Å². The number of fused-ring (bicyclic) bond motifs is 1. The monoisotopic (exact) mass is 246 g/mol. The molecule has 0 aromatic heterocycles. The lowest BCUT2D eigenvalue weighted by Crippen LogP contribution is -2.29. The second kappa shape index (κ2) is 4.90. The van der Waals surface area contributed by atoms with Gasteiger partial charge in [0.1, 0.15) is 0 Å². The standard InChI is InChI=1S/C14H18N2O2/c1-9(2)15-8-13(17)10-4-5-12-11(6-10)7-14(18)16(12)3/h4-6,9,15H,7-8H2,1-3H3. The van der Waals surface area contributed by atoms with Gasteiger partial charge in [-0.25, -0.2) is 0 Å². The summed E-state index contributed by atoms with van der Waals surface area (Å²) < 4.78 is 0. The molecule has 1 N–H and O–H groups in total. The summed E-state index contributed by atoms with van der Waals surface area (Å²) in [6.07, 6.45) is 0.393. The van der Waals surface area contributed by atoms with Crippen LogP contribution in [-0.2, 0) is 11.2 Å². The first-order chi connectivity index (χ1) is 8.49. The average Bonchev–Trinajstić information content (AvgIpc) is 2.61. The molecule has 0 saturated carbocycles. The molecular weight excluding hydrogens is 228 g/mol. The molecule has 2 rings (SSSR count). The zero-order valence-corrected chi connectivity index (χ0v) is 11.0. The van der Waals surface area contributed by atoms with Crippen LogP contribution in [0.25, 0.3) is 0 Å². The molecule has 0 aliphatic carbocycles. The smallest absolute Gasteiger partial charge is 0.231 e. The Balaban J connectivity index is 2.15. The Bertz CT molecular complexity index is 495. The number of ketones is 1. The number of hydrogen-bond acceptors (Lipinski definition) is 3. The summed E-state index contributed by atoms with van der Waals surface area (Å²) >= 11 is 0. The Kier molecular flexibility index (Phi) is 3.48. The van der Waals surface area contributed by atoms with Gasteiger partial charge in [0.15, 0.2) is 5.78 Å². The summed E-state index contributed by atoms with van der Waals surface area (Å²) in [6, 6.07) is 5.76. The molecule has 4 heteroatoms. The fraction of sp³-hybridized carbons (Fsp3) is 0.429. The maximum atomic E-state index is 12.0. The first-order valence-corrected chi connectivity index (χ1v) is 6.15. The molecule has 1 aromatic rings. The van der Waals surface area contributed by atoms with E-state index in [1.165, 1.54) is 0 Å². The summed E-state index contributed by atoms with van der Waals surface area (Å²) in [7, 11) is 1.76. The minimum absolute atomic E-state index is 0.0634. The molecule has 1 heterocycles. The molecule has 4 nitrogen and oxygen atoms in total. The van der Waals surface area contributed by atoms with Crippen LogP contribution in [0.3, 0.4) is 0 Å². The predicted octanol–water partition coefficient (Wildman–Crippen LogP) is 1.39. The van der Waals surface area contributed by atoms with Gasteiger partial charge in [-0.05, 0) is 23.8 Å². The number of Topliss-reactive ketones (excluding diaryl/α,β-unsaturated/α-hetero) is 1. The first-order valence-electron chi connectivity index (χ1n) is 6.15. The number of amides is 1. The number of nitrogens with zero attached hydrogens (tertiary/aromatic N) is 1. The van der Waals surface area contributed by atoms with Crippen LogP contribution in [0, 0.1) is 0 Å². The lowest BCUT2D eigenvalue weighted by atomic mass is 10.0. The number of hydrogen-bond donors (Lipinski definition) is 1. The highest BCUT2D eigenvalue weighted by molar-refractivity contribution is 6.03. The number of likely N-dealkylation sites (N-methyl/N-ethyl adjacent to an activating group) is 1. The van der Waals surface area contributed by atoms with Gasteiger partial charge in [-0.1, -0.05) is 13.8 Å². The highest BCUT2D eigenvalue weighted by atomic mass is 16.2. The molecule has 1 aliphatic heterocycles. The van der Waals surface area contributed by atoms with Crippen molar-refractivity contribution >= 4 is 17.4 Å². The van der Waals surface area contributed by atoms with Gasteiger partial charge in [0.2, 0.25) is 5.91 Å². The molecule has 0 bridgehead atoms. The SMILES string of the molecule is CC(C)NCC(=O)c1ccc2c(c1)CC(=O)N2C. The van der Waals surface area contributed by atoms with Crippen molar-refractivity contribution in [2.75, 3.05) is 18.5 Å². The lowest BCUT2D eigenvalue weighted by Gasteiger charge is -2.11. The molecule has 1 aliphatic rings. The van der Waals surface area contributed by atoms with Crippen molar-refractivity contribution in [3.05, 3.63) is 29.3 Å². The summed E-state index contributed by atoms with van der Waals surface area (Å²) in [5.74, 6) is 0.142. The van der Waals surface area contributed by atoms with Gasteiger partial charge in [0, 0.05) is 24.3 Å². The van der Waals surface area contributed by atoms with Gasteiger partial charge < -0.3 is 10.2 Å². The van der Waals surface area contributed by atoms with Gasteiger partial charge >= 0.3 is 0 Å². The summed E-state index contributed by atoms with van der Waals surface area (Å²) in [5.41, 5.74) is 2.52. The van der Waals surface area contributed by atoms with E-state index in [0.29, 0.717) is 18.5 Å². The molecule has 0 saturated heterocycles. The largest absolute Gasteiger partial charge is 0.315 e.